The third kappa shape index (κ3) is 2.10. The second-order valence-electron chi connectivity index (χ2n) is 4.16. The lowest BCUT2D eigenvalue weighted by Gasteiger charge is -2.11. The highest BCUT2D eigenvalue weighted by Gasteiger charge is 2.18. The average molecular weight is 247 g/mol. The van der Waals surface area contributed by atoms with E-state index < -0.39 is 11.6 Å². The minimum atomic E-state index is -0.576. The van der Waals surface area contributed by atoms with E-state index in [0.717, 1.165) is 0 Å². The van der Waals surface area contributed by atoms with Gasteiger partial charge in [-0.25, -0.2) is 18.7 Å². The van der Waals surface area contributed by atoms with Crippen molar-refractivity contribution < 1.29 is 8.78 Å². The molecule has 0 aliphatic carbocycles. The number of rotatable bonds is 2. The summed E-state index contributed by atoms with van der Waals surface area (Å²) in [6.45, 7) is 5.23. The summed E-state index contributed by atoms with van der Waals surface area (Å²) in [4.78, 5) is 7.74. The van der Waals surface area contributed by atoms with Crippen LogP contribution in [0.5, 0.6) is 0 Å². The second-order valence-corrected chi connectivity index (χ2v) is 4.16. The third-order valence-electron chi connectivity index (χ3n) is 2.92. The molecule has 0 saturated carbocycles. The van der Waals surface area contributed by atoms with Crippen LogP contribution in [0.2, 0.25) is 0 Å². The lowest BCUT2D eigenvalue weighted by molar-refractivity contribution is 0.585. The Morgan fingerprint density at radius 1 is 1.00 bits per heavy atom. The molecule has 0 fully saturated rings. The Morgan fingerprint density at radius 2 is 1.50 bits per heavy atom. The molecule has 0 aliphatic rings. The topological polar surface area (TPSA) is 25.8 Å². The maximum atomic E-state index is 14.0. The lowest BCUT2D eigenvalue weighted by atomic mass is 9.99. The Kier molecular flexibility index (Phi) is 3.36. The molecule has 0 unspecified atom stereocenters. The van der Waals surface area contributed by atoms with Gasteiger partial charge in [-0.1, -0.05) is 6.92 Å². The second kappa shape index (κ2) is 4.80. The van der Waals surface area contributed by atoms with Crippen molar-refractivity contribution >= 4 is 0 Å². The van der Waals surface area contributed by atoms with Gasteiger partial charge in [-0.3, -0.25) is 0 Å². The Labute approximate surface area is 105 Å². The van der Waals surface area contributed by atoms with Crippen LogP contribution >= 0.6 is 0 Å². The van der Waals surface area contributed by atoms with Gasteiger partial charge in [0.25, 0.3) is 0 Å². The zero-order valence-electron chi connectivity index (χ0n) is 10.5. The van der Waals surface area contributed by atoms with Crippen molar-refractivity contribution in [2.45, 2.75) is 27.2 Å². The van der Waals surface area contributed by atoms with Crippen molar-refractivity contribution in [2.75, 3.05) is 0 Å². The molecule has 1 aromatic carbocycles. The first-order valence-corrected chi connectivity index (χ1v) is 5.74. The minimum absolute atomic E-state index is 0.0591. The summed E-state index contributed by atoms with van der Waals surface area (Å²) in [7, 11) is 0. The van der Waals surface area contributed by atoms with E-state index in [2.05, 4.69) is 16.3 Å². The molecule has 0 atom stereocenters. The van der Waals surface area contributed by atoms with Gasteiger partial charge in [-0.05, 0) is 38.0 Å². The van der Waals surface area contributed by atoms with Gasteiger partial charge in [0.05, 0.1) is 5.56 Å². The van der Waals surface area contributed by atoms with Crippen molar-refractivity contribution in [3.05, 3.63) is 47.0 Å². The number of aromatic nitrogens is 2. The van der Waals surface area contributed by atoms with Crippen LogP contribution in [0.1, 0.15) is 23.9 Å². The number of halogens is 2. The first-order chi connectivity index (χ1) is 8.54. The van der Waals surface area contributed by atoms with Crippen LogP contribution in [-0.4, -0.2) is 9.97 Å². The molecule has 0 bridgehead atoms. The number of hydrogen-bond donors (Lipinski definition) is 0. The molecule has 2 aromatic rings. The van der Waals surface area contributed by atoms with Crippen molar-refractivity contribution in [1.82, 2.24) is 9.97 Å². The van der Waals surface area contributed by atoms with Gasteiger partial charge in [0.15, 0.2) is 6.33 Å². The summed E-state index contributed by atoms with van der Waals surface area (Å²) in [6.07, 6.45) is 3.04. The summed E-state index contributed by atoms with van der Waals surface area (Å²) in [5, 5.41) is 0. The van der Waals surface area contributed by atoms with E-state index in [1.165, 1.54) is 12.1 Å². The van der Waals surface area contributed by atoms with Crippen molar-refractivity contribution in [1.29, 1.82) is 0 Å². The van der Waals surface area contributed by atoms with Crippen LogP contribution in [-0.2, 0) is 6.42 Å². The number of aryl methyl sites for hydroxylation is 3. The molecule has 1 aromatic heterocycles. The number of hydrogen-bond acceptors (Lipinski definition) is 2. The van der Waals surface area contributed by atoms with Crippen LogP contribution in [0.25, 0.3) is 11.1 Å². The van der Waals surface area contributed by atoms with Crippen LogP contribution in [0.4, 0.5) is 8.78 Å². The zero-order valence-corrected chi connectivity index (χ0v) is 10.5. The van der Waals surface area contributed by atoms with E-state index in [-0.39, 0.29) is 5.56 Å². The summed E-state index contributed by atoms with van der Waals surface area (Å²) >= 11 is 0. The highest BCUT2D eigenvalue weighted by atomic mass is 19.1. The fraction of sp³-hybridized carbons (Fsp3) is 0.286. The molecule has 4 heteroatoms. The van der Waals surface area contributed by atoms with Gasteiger partial charge in [-0.15, -0.1) is 0 Å². The van der Waals surface area contributed by atoms with Gasteiger partial charge in [0, 0.05) is 17.0 Å². The molecule has 93 valence electrons. The Bertz CT molecular complexity index is 551. The fourth-order valence-corrected chi connectivity index (χ4v) is 1.98. The number of benzene rings is 1. The Morgan fingerprint density at radius 3 is 1.94 bits per heavy atom. The van der Waals surface area contributed by atoms with Crippen molar-refractivity contribution in [3.63, 3.8) is 0 Å². The molecular formula is C14H13F2N2. The molecule has 1 radical (unpaired) electrons. The van der Waals surface area contributed by atoms with Crippen LogP contribution in [0.3, 0.4) is 0 Å². The normalized spacial score (nSPS) is 10.7. The zero-order chi connectivity index (χ0) is 13.3. The molecule has 0 N–H and O–H groups in total. The average Bonchev–Trinajstić information content (AvgIpc) is 2.31. The third-order valence-corrected chi connectivity index (χ3v) is 2.92. The van der Waals surface area contributed by atoms with Gasteiger partial charge < -0.3 is 0 Å². The maximum Gasteiger partial charge on any atom is 0.198 e. The molecule has 18 heavy (non-hydrogen) atoms. The summed E-state index contributed by atoms with van der Waals surface area (Å²) < 4.78 is 28.1. The Balaban J connectivity index is 2.72. The van der Waals surface area contributed by atoms with Gasteiger partial charge in [0.1, 0.15) is 11.6 Å². The minimum Gasteiger partial charge on any atom is -0.230 e. The van der Waals surface area contributed by atoms with Gasteiger partial charge in [0.2, 0.25) is 0 Å². The van der Waals surface area contributed by atoms with E-state index in [0.29, 0.717) is 28.9 Å². The van der Waals surface area contributed by atoms with Crippen molar-refractivity contribution in [3.8, 4) is 11.1 Å². The lowest BCUT2D eigenvalue weighted by Crippen LogP contribution is -2.00. The summed E-state index contributed by atoms with van der Waals surface area (Å²) in [5.41, 5.74) is 2.02. The highest BCUT2D eigenvalue weighted by Crippen LogP contribution is 2.30. The molecule has 0 aliphatic heterocycles. The highest BCUT2D eigenvalue weighted by molar-refractivity contribution is 5.69. The van der Waals surface area contributed by atoms with Crippen LogP contribution in [0.15, 0.2) is 12.1 Å². The van der Waals surface area contributed by atoms with Crippen LogP contribution < -0.4 is 0 Å². The molecular weight excluding hydrogens is 234 g/mol. The predicted molar refractivity (Wildman–Crippen MR) is 65.1 cm³/mol. The fourth-order valence-electron chi connectivity index (χ4n) is 1.98. The van der Waals surface area contributed by atoms with E-state index in [1.807, 2.05) is 6.92 Å². The quantitative estimate of drug-likeness (QED) is 0.812. The van der Waals surface area contributed by atoms with E-state index >= 15 is 0 Å². The standard InChI is InChI=1S/C14H13F2N2/c1-4-10-5-11(15)14(12(16)6-10)13-8(2)17-7-18-9(13)3/h5-6H,4H2,1-3H3. The first-order valence-electron chi connectivity index (χ1n) is 5.74. The maximum absolute atomic E-state index is 14.0. The molecule has 0 saturated heterocycles. The smallest absolute Gasteiger partial charge is 0.198 e. The largest absolute Gasteiger partial charge is 0.230 e. The SMILES string of the molecule is CCc1cc(F)c(-c2c(C)n[c]nc2C)c(F)c1. The van der Waals surface area contributed by atoms with E-state index in [9.17, 15) is 8.78 Å². The molecule has 1 heterocycles. The van der Waals surface area contributed by atoms with Crippen molar-refractivity contribution in [2.24, 2.45) is 0 Å². The number of nitrogens with zero attached hydrogens (tertiary/aromatic N) is 2. The molecule has 0 spiro atoms. The molecule has 0 amide bonds. The summed E-state index contributed by atoms with van der Waals surface area (Å²) in [6, 6.07) is 2.71. The van der Waals surface area contributed by atoms with Gasteiger partial charge in [-0.2, -0.15) is 0 Å². The molecule has 2 nitrogen and oxygen atoms in total. The van der Waals surface area contributed by atoms with E-state index in [1.54, 1.807) is 13.8 Å². The first kappa shape index (κ1) is 12.6. The summed E-state index contributed by atoms with van der Waals surface area (Å²) in [5.74, 6) is -1.15. The van der Waals surface area contributed by atoms with E-state index in [4.69, 9.17) is 0 Å². The van der Waals surface area contributed by atoms with Gasteiger partial charge >= 0.3 is 0 Å². The van der Waals surface area contributed by atoms with Crippen LogP contribution in [0, 0.1) is 31.8 Å². The predicted octanol–water partition coefficient (Wildman–Crippen LogP) is 3.40. The molecule has 2 rings (SSSR count). The Hall–Kier alpha value is -1.84. The monoisotopic (exact) mass is 247 g/mol.